The Hall–Kier alpha value is -1.89. The third-order valence-corrected chi connectivity index (χ3v) is 3.93. The lowest BCUT2D eigenvalue weighted by Gasteiger charge is -2.10. The fourth-order valence-corrected chi connectivity index (χ4v) is 2.72. The number of benzene rings is 1. The molecule has 7 heteroatoms. The minimum absolute atomic E-state index is 0.0120. The number of hydrogen-bond donors (Lipinski definition) is 0. The molecule has 0 bridgehead atoms. The quantitative estimate of drug-likeness (QED) is 0.793. The summed E-state index contributed by atoms with van der Waals surface area (Å²) in [6.45, 7) is 4.09. The number of carbonyl (C=O) groups is 1. The summed E-state index contributed by atoms with van der Waals surface area (Å²) in [6.07, 6.45) is 0. The second kappa shape index (κ2) is 6.71. The first-order valence-corrected chi connectivity index (χ1v) is 7.69. The van der Waals surface area contributed by atoms with Crippen molar-refractivity contribution in [3.8, 4) is 0 Å². The van der Waals surface area contributed by atoms with Crippen molar-refractivity contribution in [3.63, 3.8) is 0 Å². The lowest BCUT2D eigenvalue weighted by molar-refractivity contribution is 0.0827. The Kier molecular flexibility index (Phi) is 4.95. The Labute approximate surface area is 128 Å². The van der Waals surface area contributed by atoms with E-state index in [1.807, 2.05) is 38.1 Å². The maximum atomic E-state index is 11.8. The molecule has 0 aliphatic heterocycles. The molecule has 0 saturated carbocycles. The Balaban J connectivity index is 2.01. The van der Waals surface area contributed by atoms with Crippen LogP contribution in [-0.2, 0) is 5.75 Å². The number of tetrazole rings is 1. The average molecular weight is 305 g/mol. The van der Waals surface area contributed by atoms with E-state index in [4.69, 9.17) is 0 Å². The Morgan fingerprint density at radius 1 is 1.29 bits per heavy atom. The standard InChI is InChI=1S/C14H19N5OS/c1-10(2)19-14(15-16-17-19)21-9-11-5-7-12(8-6-11)13(20)18(3)4/h5-8,10H,9H2,1-4H3. The minimum Gasteiger partial charge on any atom is -0.345 e. The third kappa shape index (κ3) is 3.81. The van der Waals surface area contributed by atoms with Gasteiger partial charge >= 0.3 is 0 Å². The number of thioether (sulfide) groups is 1. The fraction of sp³-hybridized carbons (Fsp3) is 0.429. The summed E-state index contributed by atoms with van der Waals surface area (Å²) in [5.74, 6) is 0.779. The Morgan fingerprint density at radius 3 is 2.52 bits per heavy atom. The predicted molar refractivity (Wildman–Crippen MR) is 82.2 cm³/mol. The highest BCUT2D eigenvalue weighted by atomic mass is 32.2. The van der Waals surface area contributed by atoms with Gasteiger partial charge in [-0.1, -0.05) is 23.9 Å². The summed E-state index contributed by atoms with van der Waals surface area (Å²) in [5.41, 5.74) is 1.83. The van der Waals surface area contributed by atoms with Gasteiger partial charge in [0.15, 0.2) is 0 Å². The van der Waals surface area contributed by atoms with Crippen LogP contribution in [0, 0.1) is 0 Å². The number of nitrogens with zero attached hydrogens (tertiary/aromatic N) is 5. The van der Waals surface area contributed by atoms with Gasteiger partial charge in [-0.3, -0.25) is 4.79 Å². The van der Waals surface area contributed by atoms with Gasteiger partial charge in [0.05, 0.1) is 6.04 Å². The molecule has 6 nitrogen and oxygen atoms in total. The molecule has 0 aliphatic rings. The van der Waals surface area contributed by atoms with Gasteiger partial charge in [0.1, 0.15) is 0 Å². The number of amides is 1. The van der Waals surface area contributed by atoms with Crippen LogP contribution in [0.3, 0.4) is 0 Å². The normalized spacial score (nSPS) is 10.9. The summed E-state index contributed by atoms with van der Waals surface area (Å²) in [5, 5.41) is 12.5. The maximum Gasteiger partial charge on any atom is 0.253 e. The molecule has 0 radical (unpaired) electrons. The zero-order valence-electron chi connectivity index (χ0n) is 12.6. The highest BCUT2D eigenvalue weighted by Crippen LogP contribution is 2.22. The maximum absolute atomic E-state index is 11.8. The number of hydrogen-bond acceptors (Lipinski definition) is 5. The van der Waals surface area contributed by atoms with Crippen LogP contribution < -0.4 is 0 Å². The lowest BCUT2D eigenvalue weighted by atomic mass is 10.1. The van der Waals surface area contributed by atoms with Gasteiger partial charge in [0, 0.05) is 25.4 Å². The van der Waals surface area contributed by atoms with Gasteiger partial charge in [-0.05, 0) is 42.0 Å². The number of aromatic nitrogens is 4. The molecule has 0 N–H and O–H groups in total. The molecule has 2 aromatic rings. The smallest absolute Gasteiger partial charge is 0.253 e. The molecule has 112 valence electrons. The summed E-state index contributed by atoms with van der Waals surface area (Å²) in [7, 11) is 3.50. The van der Waals surface area contributed by atoms with E-state index >= 15 is 0 Å². The minimum atomic E-state index is 0.0120. The van der Waals surface area contributed by atoms with Crippen LogP contribution in [0.2, 0.25) is 0 Å². The topological polar surface area (TPSA) is 63.9 Å². The predicted octanol–water partition coefficient (Wildman–Crippen LogP) is 2.25. The average Bonchev–Trinajstić information content (AvgIpc) is 2.93. The van der Waals surface area contributed by atoms with Gasteiger partial charge in [0.2, 0.25) is 5.16 Å². The molecule has 0 fully saturated rings. The van der Waals surface area contributed by atoms with Gasteiger partial charge in [-0.25, -0.2) is 4.68 Å². The highest BCUT2D eigenvalue weighted by molar-refractivity contribution is 7.98. The second-order valence-corrected chi connectivity index (χ2v) is 6.13. The van der Waals surface area contributed by atoms with E-state index < -0.39 is 0 Å². The summed E-state index contributed by atoms with van der Waals surface area (Å²) < 4.78 is 1.80. The van der Waals surface area contributed by atoms with Gasteiger partial charge < -0.3 is 4.90 Å². The van der Waals surface area contributed by atoms with Crippen molar-refractivity contribution in [2.45, 2.75) is 30.8 Å². The van der Waals surface area contributed by atoms with Crippen LogP contribution in [0.25, 0.3) is 0 Å². The van der Waals surface area contributed by atoms with Crippen molar-refractivity contribution in [3.05, 3.63) is 35.4 Å². The summed E-state index contributed by atoms with van der Waals surface area (Å²) in [4.78, 5) is 13.4. The van der Waals surface area contributed by atoms with Crippen LogP contribution >= 0.6 is 11.8 Å². The van der Waals surface area contributed by atoms with Crippen molar-refractivity contribution < 1.29 is 4.79 Å². The van der Waals surface area contributed by atoms with E-state index in [1.165, 1.54) is 0 Å². The SMILES string of the molecule is CC(C)n1nnnc1SCc1ccc(C(=O)N(C)C)cc1. The van der Waals surface area contributed by atoms with Crippen molar-refractivity contribution in [2.75, 3.05) is 14.1 Å². The molecule has 0 saturated heterocycles. The van der Waals surface area contributed by atoms with Crippen molar-refractivity contribution >= 4 is 17.7 Å². The van der Waals surface area contributed by atoms with Crippen molar-refractivity contribution in [1.29, 1.82) is 0 Å². The number of rotatable bonds is 5. The van der Waals surface area contributed by atoms with Crippen LogP contribution in [-0.4, -0.2) is 45.1 Å². The zero-order valence-corrected chi connectivity index (χ0v) is 13.5. The highest BCUT2D eigenvalue weighted by Gasteiger charge is 2.11. The molecule has 1 aromatic carbocycles. The molecule has 1 aromatic heterocycles. The molecule has 0 aliphatic carbocycles. The Morgan fingerprint density at radius 2 is 1.95 bits per heavy atom. The first-order valence-electron chi connectivity index (χ1n) is 6.70. The first kappa shape index (κ1) is 15.5. The van der Waals surface area contributed by atoms with Crippen LogP contribution in [0.15, 0.2) is 29.4 Å². The van der Waals surface area contributed by atoms with Gasteiger partial charge in [0.25, 0.3) is 5.91 Å². The van der Waals surface area contributed by atoms with Crippen LogP contribution in [0.4, 0.5) is 0 Å². The number of carbonyl (C=O) groups excluding carboxylic acids is 1. The molecule has 0 spiro atoms. The summed E-state index contributed by atoms with van der Waals surface area (Å²) >= 11 is 1.59. The van der Waals surface area contributed by atoms with Crippen molar-refractivity contribution in [2.24, 2.45) is 0 Å². The van der Waals surface area contributed by atoms with Gasteiger partial charge in [-0.2, -0.15) is 0 Å². The zero-order chi connectivity index (χ0) is 15.4. The monoisotopic (exact) mass is 305 g/mol. The van der Waals surface area contributed by atoms with E-state index in [2.05, 4.69) is 15.5 Å². The second-order valence-electron chi connectivity index (χ2n) is 5.18. The summed E-state index contributed by atoms with van der Waals surface area (Å²) in [6, 6.07) is 7.87. The molecular weight excluding hydrogens is 286 g/mol. The first-order chi connectivity index (χ1) is 9.99. The molecule has 21 heavy (non-hydrogen) atoms. The Bertz CT molecular complexity index is 606. The van der Waals surface area contributed by atoms with E-state index in [0.717, 1.165) is 16.5 Å². The molecule has 0 unspecified atom stereocenters. The van der Waals surface area contributed by atoms with Crippen LogP contribution in [0.1, 0.15) is 35.8 Å². The van der Waals surface area contributed by atoms with E-state index in [0.29, 0.717) is 5.56 Å². The van der Waals surface area contributed by atoms with E-state index in [-0.39, 0.29) is 11.9 Å². The molecule has 1 heterocycles. The van der Waals surface area contributed by atoms with E-state index in [9.17, 15) is 4.79 Å². The largest absolute Gasteiger partial charge is 0.345 e. The molecule has 0 atom stereocenters. The third-order valence-electron chi connectivity index (χ3n) is 2.93. The molecule has 2 rings (SSSR count). The van der Waals surface area contributed by atoms with Gasteiger partial charge in [-0.15, -0.1) is 5.10 Å². The fourth-order valence-electron chi connectivity index (χ4n) is 1.75. The van der Waals surface area contributed by atoms with E-state index in [1.54, 1.807) is 35.4 Å². The van der Waals surface area contributed by atoms with Crippen molar-refractivity contribution in [1.82, 2.24) is 25.1 Å². The molecular formula is C14H19N5OS. The molecule has 1 amide bonds. The van der Waals surface area contributed by atoms with Crippen LogP contribution in [0.5, 0.6) is 0 Å². The lowest BCUT2D eigenvalue weighted by Crippen LogP contribution is -2.21.